The zero-order chi connectivity index (χ0) is 23.0. The molecular weight excluding hydrogens is 443 g/mol. The number of nitrogens with zero attached hydrogens (tertiary/aromatic N) is 1. The fourth-order valence-corrected chi connectivity index (χ4v) is 3.81. The van der Waals surface area contributed by atoms with Gasteiger partial charge in [-0.3, -0.25) is 4.79 Å². The number of aromatic nitrogens is 1. The number of hydrogen-bond acceptors (Lipinski definition) is 5. The molecule has 7 nitrogen and oxygen atoms in total. The van der Waals surface area contributed by atoms with Gasteiger partial charge in [-0.05, 0) is 23.6 Å². The molecule has 0 aliphatic carbocycles. The van der Waals surface area contributed by atoms with Crippen LogP contribution in [-0.2, 0) is 6.61 Å². The van der Waals surface area contributed by atoms with E-state index < -0.39 is 5.82 Å². The van der Waals surface area contributed by atoms with E-state index in [1.54, 1.807) is 17.5 Å². The van der Waals surface area contributed by atoms with Crippen LogP contribution in [0.3, 0.4) is 0 Å². The third-order valence-electron chi connectivity index (χ3n) is 4.71. The fraction of sp³-hybridized carbons (Fsp3) is 0.125. The maximum Gasteiger partial charge on any atom is 0.319 e. The summed E-state index contributed by atoms with van der Waals surface area (Å²) in [5, 5.41) is 12.4. The van der Waals surface area contributed by atoms with Crippen LogP contribution in [-0.4, -0.2) is 30.0 Å². The van der Waals surface area contributed by atoms with E-state index in [1.165, 1.54) is 23.5 Å². The molecule has 3 amide bonds. The molecule has 0 radical (unpaired) electrons. The summed E-state index contributed by atoms with van der Waals surface area (Å²) in [7, 11) is 0. The molecule has 0 saturated heterocycles. The molecule has 4 rings (SSSR count). The summed E-state index contributed by atoms with van der Waals surface area (Å²) in [6.07, 6.45) is 0. The second-order valence-electron chi connectivity index (χ2n) is 7.01. The number of urea groups is 1. The predicted molar refractivity (Wildman–Crippen MR) is 126 cm³/mol. The molecule has 33 heavy (non-hydrogen) atoms. The van der Waals surface area contributed by atoms with Crippen LogP contribution in [0.4, 0.5) is 14.9 Å². The zero-order valence-electron chi connectivity index (χ0n) is 17.5. The molecule has 0 atom stereocenters. The van der Waals surface area contributed by atoms with Crippen LogP contribution < -0.4 is 20.7 Å². The molecule has 168 valence electrons. The Bertz CT molecular complexity index is 1270. The highest BCUT2D eigenvalue weighted by Crippen LogP contribution is 2.22. The van der Waals surface area contributed by atoms with E-state index in [0.29, 0.717) is 10.7 Å². The van der Waals surface area contributed by atoms with Gasteiger partial charge in [0, 0.05) is 23.9 Å². The number of para-hydroxylation sites is 1. The molecule has 0 aliphatic heterocycles. The number of rotatable bonds is 8. The minimum atomic E-state index is -0.455. The molecule has 0 bridgehead atoms. The lowest BCUT2D eigenvalue weighted by Gasteiger charge is -2.10. The highest BCUT2D eigenvalue weighted by molar-refractivity contribution is 7.09. The Balaban J connectivity index is 1.20. The summed E-state index contributed by atoms with van der Waals surface area (Å²) in [5.41, 5.74) is 0.953. The molecule has 0 unspecified atom stereocenters. The summed E-state index contributed by atoms with van der Waals surface area (Å²) >= 11 is 1.25. The minimum absolute atomic E-state index is 0.0643. The number of halogens is 1. The SMILES string of the molecule is O=C(NCCNC(=O)c1csc(COc2ccccc2F)n1)Nc1cccc2ccccc12. The number of thiazole rings is 1. The highest BCUT2D eigenvalue weighted by Gasteiger charge is 2.12. The average Bonchev–Trinajstić information content (AvgIpc) is 3.31. The van der Waals surface area contributed by atoms with Crippen molar-refractivity contribution in [1.29, 1.82) is 0 Å². The van der Waals surface area contributed by atoms with Crippen molar-refractivity contribution in [2.24, 2.45) is 0 Å². The molecule has 9 heteroatoms. The van der Waals surface area contributed by atoms with Gasteiger partial charge in [0.15, 0.2) is 11.6 Å². The van der Waals surface area contributed by atoms with Crippen LogP contribution in [0, 0.1) is 5.82 Å². The number of nitrogens with one attached hydrogen (secondary N) is 3. The third-order valence-corrected chi connectivity index (χ3v) is 5.53. The van der Waals surface area contributed by atoms with E-state index in [-0.39, 0.29) is 43.1 Å². The third kappa shape index (κ3) is 5.83. The van der Waals surface area contributed by atoms with Crippen LogP contribution in [0.2, 0.25) is 0 Å². The van der Waals surface area contributed by atoms with Crippen LogP contribution in [0.15, 0.2) is 72.1 Å². The number of fused-ring (bicyclic) bond motifs is 1. The van der Waals surface area contributed by atoms with E-state index in [4.69, 9.17) is 4.74 Å². The van der Waals surface area contributed by atoms with Crippen molar-refractivity contribution >= 4 is 39.7 Å². The van der Waals surface area contributed by atoms with Gasteiger partial charge in [-0.15, -0.1) is 11.3 Å². The molecule has 3 N–H and O–H groups in total. The summed E-state index contributed by atoms with van der Waals surface area (Å²) in [6, 6.07) is 19.2. The number of carbonyl (C=O) groups excluding carboxylic acids is 2. The Morgan fingerprint density at radius 1 is 0.939 bits per heavy atom. The molecule has 1 heterocycles. The number of anilines is 1. The van der Waals surface area contributed by atoms with Crippen molar-refractivity contribution in [2.75, 3.05) is 18.4 Å². The van der Waals surface area contributed by atoms with Crippen molar-refractivity contribution in [3.05, 3.63) is 88.6 Å². The van der Waals surface area contributed by atoms with Crippen LogP contribution in [0.5, 0.6) is 5.75 Å². The van der Waals surface area contributed by atoms with Gasteiger partial charge in [-0.25, -0.2) is 14.2 Å². The maximum atomic E-state index is 13.6. The maximum absolute atomic E-state index is 13.6. The van der Waals surface area contributed by atoms with Gasteiger partial charge >= 0.3 is 6.03 Å². The van der Waals surface area contributed by atoms with E-state index in [1.807, 2.05) is 42.5 Å². The van der Waals surface area contributed by atoms with Gasteiger partial charge in [0.25, 0.3) is 5.91 Å². The van der Waals surface area contributed by atoms with Crippen molar-refractivity contribution in [3.8, 4) is 5.75 Å². The Kier molecular flexibility index (Phi) is 7.11. The second kappa shape index (κ2) is 10.6. The molecular formula is C24H21FN4O3S. The zero-order valence-corrected chi connectivity index (χ0v) is 18.3. The van der Waals surface area contributed by atoms with Gasteiger partial charge in [-0.1, -0.05) is 48.5 Å². The first-order valence-electron chi connectivity index (χ1n) is 10.2. The van der Waals surface area contributed by atoms with Crippen molar-refractivity contribution in [2.45, 2.75) is 6.61 Å². The number of amides is 3. The van der Waals surface area contributed by atoms with Gasteiger partial charge in [0.1, 0.15) is 17.3 Å². The molecule has 0 aliphatic rings. The topological polar surface area (TPSA) is 92.4 Å². The molecule has 3 aromatic carbocycles. The summed E-state index contributed by atoms with van der Waals surface area (Å²) in [6.45, 7) is 0.547. The van der Waals surface area contributed by atoms with E-state index in [0.717, 1.165) is 10.8 Å². The van der Waals surface area contributed by atoms with Gasteiger partial charge < -0.3 is 20.7 Å². The molecule has 1 aromatic heterocycles. The Hall–Kier alpha value is -3.98. The molecule has 0 spiro atoms. The van der Waals surface area contributed by atoms with Crippen LogP contribution in [0.25, 0.3) is 10.8 Å². The molecule has 0 fully saturated rings. The lowest BCUT2D eigenvalue weighted by Crippen LogP contribution is -2.36. The largest absolute Gasteiger partial charge is 0.483 e. The lowest BCUT2D eigenvalue weighted by molar-refractivity contribution is 0.0949. The summed E-state index contributed by atoms with van der Waals surface area (Å²) < 4.78 is 19.0. The van der Waals surface area contributed by atoms with Gasteiger partial charge in [0.2, 0.25) is 0 Å². The number of carbonyl (C=O) groups is 2. The van der Waals surface area contributed by atoms with E-state index >= 15 is 0 Å². The second-order valence-corrected chi connectivity index (χ2v) is 7.95. The summed E-state index contributed by atoms with van der Waals surface area (Å²) in [4.78, 5) is 28.7. The standard InChI is InChI=1S/C24H21FN4O3S/c25-18-9-3-4-11-21(18)32-14-22-28-20(15-33-22)23(30)26-12-13-27-24(31)29-19-10-5-7-16-6-1-2-8-17(16)19/h1-11,15H,12-14H2,(H,26,30)(H2,27,29,31). The first kappa shape index (κ1) is 22.2. The minimum Gasteiger partial charge on any atom is -0.483 e. The smallest absolute Gasteiger partial charge is 0.319 e. The number of ether oxygens (including phenoxy) is 1. The quantitative estimate of drug-likeness (QED) is 0.333. The first-order chi connectivity index (χ1) is 16.1. The summed E-state index contributed by atoms with van der Waals surface area (Å²) in [5.74, 6) is -0.685. The van der Waals surface area contributed by atoms with E-state index in [9.17, 15) is 14.0 Å². The van der Waals surface area contributed by atoms with Crippen molar-refractivity contribution in [1.82, 2.24) is 15.6 Å². The number of hydrogen-bond donors (Lipinski definition) is 3. The average molecular weight is 465 g/mol. The van der Waals surface area contributed by atoms with Crippen LogP contribution in [0.1, 0.15) is 15.5 Å². The fourth-order valence-electron chi connectivity index (χ4n) is 3.13. The Labute approximate surface area is 193 Å². The van der Waals surface area contributed by atoms with E-state index in [2.05, 4.69) is 20.9 Å². The first-order valence-corrected chi connectivity index (χ1v) is 11.1. The van der Waals surface area contributed by atoms with Crippen LogP contribution >= 0.6 is 11.3 Å². The van der Waals surface area contributed by atoms with Crippen molar-refractivity contribution in [3.63, 3.8) is 0 Å². The van der Waals surface area contributed by atoms with Gasteiger partial charge in [0.05, 0.1) is 5.69 Å². The monoisotopic (exact) mass is 464 g/mol. The van der Waals surface area contributed by atoms with Crippen molar-refractivity contribution < 1.29 is 18.7 Å². The highest BCUT2D eigenvalue weighted by atomic mass is 32.1. The lowest BCUT2D eigenvalue weighted by atomic mass is 10.1. The number of benzene rings is 3. The predicted octanol–water partition coefficient (Wildman–Crippen LogP) is 4.57. The molecule has 0 saturated carbocycles. The normalized spacial score (nSPS) is 10.6. The Morgan fingerprint density at radius 2 is 1.70 bits per heavy atom. The molecule has 4 aromatic rings. The van der Waals surface area contributed by atoms with Gasteiger partial charge in [-0.2, -0.15) is 0 Å². The Morgan fingerprint density at radius 3 is 2.58 bits per heavy atom.